The van der Waals surface area contributed by atoms with Crippen molar-refractivity contribution in [2.75, 3.05) is 38.1 Å². The zero-order valence-corrected chi connectivity index (χ0v) is 20.3. The van der Waals surface area contributed by atoms with Crippen LogP contribution in [-0.2, 0) is 11.0 Å². The zero-order valence-electron chi connectivity index (χ0n) is 20.3. The lowest BCUT2D eigenvalue weighted by Crippen LogP contribution is -2.43. The normalized spacial score (nSPS) is 20.8. The number of amides is 2. The van der Waals surface area contributed by atoms with E-state index in [-0.39, 0.29) is 29.6 Å². The van der Waals surface area contributed by atoms with Crippen LogP contribution in [0.3, 0.4) is 0 Å². The first-order chi connectivity index (χ1) is 17.1. The number of halogens is 3. The van der Waals surface area contributed by atoms with Gasteiger partial charge in [-0.3, -0.25) is 9.59 Å². The highest BCUT2D eigenvalue weighted by Crippen LogP contribution is 2.40. The van der Waals surface area contributed by atoms with Gasteiger partial charge in [0, 0.05) is 44.5 Å². The molecule has 0 bridgehead atoms. The number of nitrogens with one attached hydrogen (secondary N) is 1. The van der Waals surface area contributed by atoms with E-state index in [1.165, 1.54) is 12.1 Å². The predicted molar refractivity (Wildman–Crippen MR) is 129 cm³/mol. The van der Waals surface area contributed by atoms with Crippen LogP contribution in [0, 0.1) is 36.0 Å². The minimum atomic E-state index is -4.64. The van der Waals surface area contributed by atoms with E-state index in [1.54, 1.807) is 13.1 Å². The molecule has 2 amide bonds. The fourth-order valence-corrected chi connectivity index (χ4v) is 5.45. The molecule has 36 heavy (non-hydrogen) atoms. The van der Waals surface area contributed by atoms with Gasteiger partial charge in [0.2, 0.25) is 5.91 Å². The van der Waals surface area contributed by atoms with Crippen LogP contribution in [0.25, 0.3) is 0 Å². The van der Waals surface area contributed by atoms with Gasteiger partial charge in [0.1, 0.15) is 0 Å². The Morgan fingerprint density at radius 1 is 1.06 bits per heavy atom. The molecule has 0 radical (unpaired) electrons. The molecule has 2 fully saturated rings. The second-order valence-corrected chi connectivity index (χ2v) is 9.62. The van der Waals surface area contributed by atoms with E-state index in [4.69, 9.17) is 5.26 Å². The lowest BCUT2D eigenvalue weighted by molar-refractivity contribution is -0.137. The van der Waals surface area contributed by atoms with Gasteiger partial charge >= 0.3 is 6.18 Å². The average molecular weight is 499 g/mol. The maximum atomic E-state index is 13.5. The number of nitrogens with zero attached hydrogens (tertiary/aromatic N) is 3. The van der Waals surface area contributed by atoms with Crippen molar-refractivity contribution >= 4 is 17.5 Å². The van der Waals surface area contributed by atoms with Crippen LogP contribution in [0.2, 0.25) is 0 Å². The molecule has 0 aliphatic carbocycles. The number of hydrogen-bond acceptors (Lipinski definition) is 4. The maximum absolute atomic E-state index is 13.5. The largest absolute Gasteiger partial charge is 0.417 e. The van der Waals surface area contributed by atoms with Gasteiger partial charge in [0.25, 0.3) is 5.91 Å². The first kappa shape index (κ1) is 25.5. The highest BCUT2D eigenvalue weighted by molar-refractivity contribution is 5.94. The molecule has 2 aliphatic rings. The molecule has 4 rings (SSSR count). The minimum Gasteiger partial charge on any atom is -0.370 e. The fraction of sp³-hybridized carbons (Fsp3) is 0.444. The number of carbonyl (C=O) groups excluding carboxylic acids is 2. The lowest BCUT2D eigenvalue weighted by atomic mass is 9.78. The topological polar surface area (TPSA) is 76.4 Å². The van der Waals surface area contributed by atoms with Crippen molar-refractivity contribution in [3.05, 3.63) is 64.7 Å². The van der Waals surface area contributed by atoms with Crippen LogP contribution in [0.1, 0.15) is 39.9 Å². The van der Waals surface area contributed by atoms with Crippen molar-refractivity contribution < 1.29 is 22.8 Å². The van der Waals surface area contributed by atoms with Crippen LogP contribution < -0.4 is 10.2 Å². The predicted octanol–water partition coefficient (Wildman–Crippen LogP) is 4.24. The maximum Gasteiger partial charge on any atom is 0.417 e. The molecule has 9 heteroatoms. The number of anilines is 1. The fourth-order valence-electron chi connectivity index (χ4n) is 5.45. The van der Waals surface area contributed by atoms with Crippen molar-refractivity contribution in [2.45, 2.75) is 25.9 Å². The summed E-state index contributed by atoms with van der Waals surface area (Å²) >= 11 is 0. The van der Waals surface area contributed by atoms with Crippen molar-refractivity contribution in [3.63, 3.8) is 0 Å². The number of aryl methyl sites for hydroxylation is 1. The Labute approximate surface area is 208 Å². The van der Waals surface area contributed by atoms with Crippen molar-refractivity contribution in [2.24, 2.45) is 17.8 Å². The summed E-state index contributed by atoms with van der Waals surface area (Å²) in [7, 11) is 1.56. The van der Waals surface area contributed by atoms with E-state index in [0.717, 1.165) is 24.5 Å². The Balaban J connectivity index is 1.49. The summed E-state index contributed by atoms with van der Waals surface area (Å²) in [5, 5.41) is 11.8. The van der Waals surface area contributed by atoms with Crippen molar-refractivity contribution in [3.8, 4) is 6.07 Å². The molecule has 2 atom stereocenters. The van der Waals surface area contributed by atoms with E-state index < -0.39 is 17.3 Å². The van der Waals surface area contributed by atoms with Crippen molar-refractivity contribution in [1.82, 2.24) is 10.2 Å². The van der Waals surface area contributed by atoms with Gasteiger partial charge in [-0.25, -0.2) is 0 Å². The number of rotatable bonds is 4. The Hall–Kier alpha value is -3.54. The summed E-state index contributed by atoms with van der Waals surface area (Å²) in [6.07, 6.45) is -3.19. The zero-order chi connectivity index (χ0) is 26.0. The van der Waals surface area contributed by atoms with E-state index in [9.17, 15) is 22.8 Å². The first-order valence-electron chi connectivity index (χ1n) is 12.1. The molecule has 0 aromatic heterocycles. The van der Waals surface area contributed by atoms with Crippen molar-refractivity contribution in [1.29, 1.82) is 5.26 Å². The summed E-state index contributed by atoms with van der Waals surface area (Å²) in [4.78, 5) is 29.3. The third-order valence-corrected chi connectivity index (χ3v) is 7.47. The number of likely N-dealkylation sites (tertiary alicyclic amines) is 1. The molecule has 2 aliphatic heterocycles. The molecule has 2 saturated heterocycles. The second-order valence-electron chi connectivity index (χ2n) is 9.62. The number of nitriles is 1. The van der Waals surface area contributed by atoms with Crippen LogP contribution >= 0.6 is 0 Å². The SMILES string of the molecule is CNC(=O)[C@@H]1CN(c2ccc(C#N)c(C(F)(F)F)c2)C[C@H]1C1CCN(C(=O)c2ccc(C)cc2)CC1. The summed E-state index contributed by atoms with van der Waals surface area (Å²) in [5.41, 5.74) is 0.696. The van der Waals surface area contributed by atoms with Gasteiger partial charge in [0.15, 0.2) is 0 Å². The summed E-state index contributed by atoms with van der Waals surface area (Å²) < 4.78 is 40.5. The lowest BCUT2D eigenvalue weighted by Gasteiger charge is -2.36. The summed E-state index contributed by atoms with van der Waals surface area (Å²) in [6, 6.07) is 12.8. The molecular weight excluding hydrogens is 469 g/mol. The van der Waals surface area contributed by atoms with Gasteiger partial charge in [0.05, 0.1) is 23.1 Å². The number of carbonyl (C=O) groups is 2. The van der Waals surface area contributed by atoms with Gasteiger partial charge in [-0.1, -0.05) is 17.7 Å². The van der Waals surface area contributed by atoms with E-state index in [2.05, 4.69) is 5.32 Å². The third kappa shape index (κ3) is 5.18. The number of benzene rings is 2. The standard InChI is InChI=1S/C27H29F3N4O2/c1-17-3-5-19(6-4-17)26(36)33-11-9-18(10-12-33)22-15-34(16-23(22)25(35)32-2)21-8-7-20(14-31)24(13-21)27(28,29)30/h3-8,13,18,22-23H,9-12,15-16H2,1-2H3,(H,32,35)/t22-,23+/m0/s1. The molecule has 0 unspecified atom stereocenters. The molecule has 1 N–H and O–H groups in total. The van der Waals surface area contributed by atoms with E-state index >= 15 is 0 Å². The van der Waals surface area contributed by atoms with Gasteiger partial charge < -0.3 is 15.1 Å². The van der Waals surface area contributed by atoms with E-state index in [1.807, 2.05) is 41.0 Å². The summed E-state index contributed by atoms with van der Waals surface area (Å²) in [6.45, 7) is 3.86. The smallest absolute Gasteiger partial charge is 0.370 e. The van der Waals surface area contributed by atoms with Crippen LogP contribution in [0.5, 0.6) is 0 Å². The molecular formula is C27H29F3N4O2. The third-order valence-electron chi connectivity index (χ3n) is 7.47. The van der Waals surface area contributed by atoms with Crippen LogP contribution in [-0.4, -0.2) is 49.9 Å². The molecule has 2 aromatic carbocycles. The Morgan fingerprint density at radius 2 is 1.72 bits per heavy atom. The number of hydrogen-bond donors (Lipinski definition) is 1. The Kier molecular flexibility index (Phi) is 7.25. The van der Waals surface area contributed by atoms with Crippen LogP contribution in [0.15, 0.2) is 42.5 Å². The highest BCUT2D eigenvalue weighted by atomic mass is 19.4. The van der Waals surface area contributed by atoms with Gasteiger partial charge in [-0.2, -0.15) is 18.4 Å². The molecule has 190 valence electrons. The molecule has 6 nitrogen and oxygen atoms in total. The number of alkyl halides is 3. The highest BCUT2D eigenvalue weighted by Gasteiger charge is 2.43. The first-order valence-corrected chi connectivity index (χ1v) is 12.1. The Morgan fingerprint density at radius 3 is 2.31 bits per heavy atom. The monoisotopic (exact) mass is 498 g/mol. The molecule has 0 spiro atoms. The van der Waals surface area contributed by atoms with Gasteiger partial charge in [-0.15, -0.1) is 0 Å². The quantitative estimate of drug-likeness (QED) is 0.685. The van der Waals surface area contributed by atoms with Crippen LogP contribution in [0.4, 0.5) is 18.9 Å². The molecule has 2 heterocycles. The number of piperidine rings is 1. The second kappa shape index (κ2) is 10.2. The Bertz CT molecular complexity index is 1170. The molecule has 0 saturated carbocycles. The van der Waals surface area contributed by atoms with Gasteiger partial charge in [-0.05, 0) is 61.9 Å². The summed E-state index contributed by atoms with van der Waals surface area (Å²) in [5.74, 6) is -0.400. The average Bonchev–Trinajstić information content (AvgIpc) is 3.33. The minimum absolute atomic E-state index is 0.0124. The van der Waals surface area contributed by atoms with E-state index in [0.29, 0.717) is 37.4 Å². The molecule has 2 aromatic rings.